The second-order valence-corrected chi connectivity index (χ2v) is 12.5. The van der Waals surface area contributed by atoms with Crippen molar-refractivity contribution in [2.45, 2.75) is 77.4 Å². The van der Waals surface area contributed by atoms with E-state index in [-0.39, 0.29) is 11.5 Å². The molecule has 3 aromatic rings. The molecule has 1 aliphatic carbocycles. The third-order valence-corrected chi connectivity index (χ3v) is 8.58. The van der Waals surface area contributed by atoms with Crippen LogP contribution >= 0.6 is 11.3 Å². The minimum absolute atomic E-state index is 0.313. The van der Waals surface area contributed by atoms with Gasteiger partial charge in [-0.2, -0.15) is 0 Å². The van der Waals surface area contributed by atoms with E-state index in [1.165, 1.54) is 29.1 Å². The summed E-state index contributed by atoms with van der Waals surface area (Å²) < 4.78 is 0. The highest BCUT2D eigenvalue weighted by Gasteiger charge is 2.45. The van der Waals surface area contributed by atoms with Gasteiger partial charge in [-0.3, -0.25) is 0 Å². The van der Waals surface area contributed by atoms with Crippen LogP contribution in [0.1, 0.15) is 75.1 Å². The first-order valence-corrected chi connectivity index (χ1v) is 13.7. The van der Waals surface area contributed by atoms with Crippen LogP contribution < -0.4 is 5.32 Å². The van der Waals surface area contributed by atoms with Crippen LogP contribution in [0.15, 0.2) is 36.7 Å². The normalized spacial score (nSPS) is 22.5. The highest BCUT2D eigenvalue weighted by atomic mass is 32.1. The number of benzene rings is 1. The van der Waals surface area contributed by atoms with Gasteiger partial charge in [0.15, 0.2) is 0 Å². The second kappa shape index (κ2) is 9.68. The summed E-state index contributed by atoms with van der Waals surface area (Å²) in [6, 6.07) is 7.89. The Kier molecular flexibility index (Phi) is 6.70. The van der Waals surface area contributed by atoms with E-state index in [2.05, 4.69) is 38.5 Å². The van der Waals surface area contributed by atoms with Gasteiger partial charge in [0.1, 0.15) is 10.6 Å². The number of hydrogen-bond donors (Lipinski definition) is 3. The summed E-state index contributed by atoms with van der Waals surface area (Å²) in [6.45, 7) is 8.54. The molecule has 196 valence electrons. The molecule has 1 saturated carbocycles. The zero-order valence-corrected chi connectivity index (χ0v) is 22.7. The maximum absolute atomic E-state index is 12.0. The van der Waals surface area contributed by atoms with Crippen LogP contribution in [0.5, 0.6) is 0 Å². The molecule has 1 aliphatic heterocycles. The van der Waals surface area contributed by atoms with Crippen molar-refractivity contribution < 1.29 is 15.0 Å². The summed E-state index contributed by atoms with van der Waals surface area (Å²) >= 11 is 1.48. The van der Waals surface area contributed by atoms with Crippen molar-refractivity contribution >= 4 is 29.1 Å². The number of aliphatic hydroxyl groups is 1. The average Bonchev–Trinajstić information content (AvgIpc) is 3.58. The SMILES string of the molecule is Cc1cc(Nc2nccc(C3CC3)n2)cc(-c2cnc([C@]3(O)CCCN(C(=O)O)C(C(C)(C)C)C3)s2)c1. The zero-order valence-electron chi connectivity index (χ0n) is 21.9. The van der Waals surface area contributed by atoms with Gasteiger partial charge < -0.3 is 20.4 Å². The molecule has 1 amide bonds. The zero-order chi connectivity index (χ0) is 26.4. The maximum Gasteiger partial charge on any atom is 0.407 e. The highest BCUT2D eigenvalue weighted by Crippen LogP contribution is 2.44. The summed E-state index contributed by atoms with van der Waals surface area (Å²) in [5, 5.41) is 25.6. The molecule has 2 atom stereocenters. The van der Waals surface area contributed by atoms with Gasteiger partial charge >= 0.3 is 6.09 Å². The molecule has 8 nitrogen and oxygen atoms in total. The van der Waals surface area contributed by atoms with Crippen LogP contribution in [0.2, 0.25) is 0 Å². The number of hydrogen-bond acceptors (Lipinski definition) is 7. The molecule has 2 aliphatic rings. The van der Waals surface area contributed by atoms with Gasteiger partial charge in [-0.25, -0.2) is 19.7 Å². The topological polar surface area (TPSA) is 111 Å². The largest absolute Gasteiger partial charge is 0.465 e. The van der Waals surface area contributed by atoms with E-state index in [0.717, 1.165) is 27.4 Å². The maximum atomic E-state index is 12.0. The van der Waals surface area contributed by atoms with E-state index < -0.39 is 11.7 Å². The summed E-state index contributed by atoms with van der Waals surface area (Å²) in [7, 11) is 0. The number of rotatable bonds is 5. The Morgan fingerprint density at radius 2 is 2.00 bits per heavy atom. The van der Waals surface area contributed by atoms with E-state index in [0.29, 0.717) is 42.7 Å². The number of nitrogens with one attached hydrogen (secondary N) is 1. The van der Waals surface area contributed by atoms with E-state index in [9.17, 15) is 15.0 Å². The van der Waals surface area contributed by atoms with Crippen molar-refractivity contribution in [2.75, 3.05) is 11.9 Å². The average molecular weight is 522 g/mol. The minimum Gasteiger partial charge on any atom is -0.465 e. The van der Waals surface area contributed by atoms with Crippen LogP contribution in [0.3, 0.4) is 0 Å². The van der Waals surface area contributed by atoms with Crippen LogP contribution in [0.25, 0.3) is 10.4 Å². The fourth-order valence-corrected chi connectivity index (χ4v) is 6.25. The number of aromatic nitrogens is 3. The molecule has 2 aromatic heterocycles. The number of carboxylic acid groups (broad SMARTS) is 1. The van der Waals surface area contributed by atoms with Crippen molar-refractivity contribution in [1.29, 1.82) is 0 Å². The van der Waals surface area contributed by atoms with Crippen LogP contribution in [0, 0.1) is 12.3 Å². The van der Waals surface area contributed by atoms with Crippen molar-refractivity contribution in [1.82, 2.24) is 19.9 Å². The first-order valence-electron chi connectivity index (χ1n) is 12.9. The summed E-state index contributed by atoms with van der Waals surface area (Å²) in [5.41, 5.74) is 2.59. The summed E-state index contributed by atoms with van der Waals surface area (Å²) in [4.78, 5) is 28.1. The molecule has 0 bridgehead atoms. The predicted molar refractivity (Wildman–Crippen MR) is 145 cm³/mol. The Balaban J connectivity index is 1.41. The lowest BCUT2D eigenvalue weighted by molar-refractivity contribution is -0.0107. The fraction of sp³-hybridized carbons (Fsp3) is 0.500. The molecule has 1 unspecified atom stereocenters. The smallest absolute Gasteiger partial charge is 0.407 e. The Labute approximate surface area is 221 Å². The quantitative estimate of drug-likeness (QED) is 0.361. The number of carbonyl (C=O) groups is 1. The fourth-order valence-electron chi connectivity index (χ4n) is 5.22. The molecule has 1 aromatic carbocycles. The van der Waals surface area contributed by atoms with Gasteiger partial charge in [-0.05, 0) is 67.3 Å². The Bertz CT molecular complexity index is 1300. The van der Waals surface area contributed by atoms with Gasteiger partial charge in [0.05, 0.1) is 4.88 Å². The van der Waals surface area contributed by atoms with Crippen LogP contribution in [0.4, 0.5) is 16.4 Å². The van der Waals surface area contributed by atoms with Gasteiger partial charge in [0.2, 0.25) is 5.95 Å². The van der Waals surface area contributed by atoms with Gasteiger partial charge in [-0.1, -0.05) is 26.8 Å². The number of amides is 1. The molecular formula is C28H35N5O3S. The number of aryl methyl sites for hydroxylation is 1. The first kappa shape index (κ1) is 25.6. The number of likely N-dealkylation sites (tertiary alicyclic amines) is 1. The van der Waals surface area contributed by atoms with Crippen molar-refractivity contribution in [3.63, 3.8) is 0 Å². The summed E-state index contributed by atoms with van der Waals surface area (Å²) in [5.74, 6) is 1.15. The molecule has 3 heterocycles. The van der Waals surface area contributed by atoms with E-state index in [1.54, 1.807) is 6.20 Å². The van der Waals surface area contributed by atoms with Crippen molar-refractivity contribution in [2.24, 2.45) is 5.41 Å². The lowest BCUT2D eigenvalue weighted by Crippen LogP contribution is -2.48. The number of thiazole rings is 1. The Morgan fingerprint density at radius 1 is 1.22 bits per heavy atom. The molecule has 3 N–H and O–H groups in total. The highest BCUT2D eigenvalue weighted by molar-refractivity contribution is 7.15. The molecule has 1 saturated heterocycles. The summed E-state index contributed by atoms with van der Waals surface area (Å²) in [6.07, 6.45) is 6.45. The van der Waals surface area contributed by atoms with Gasteiger partial charge in [-0.15, -0.1) is 11.3 Å². The molecule has 37 heavy (non-hydrogen) atoms. The van der Waals surface area contributed by atoms with Crippen molar-refractivity contribution in [3.05, 3.63) is 52.9 Å². The molecule has 0 radical (unpaired) electrons. The molecular weight excluding hydrogens is 486 g/mol. The first-order chi connectivity index (χ1) is 17.5. The minimum atomic E-state index is -1.17. The second-order valence-electron chi connectivity index (χ2n) is 11.5. The standard InChI is InChI=1S/C28H35N5O3S/c1-17-12-19(14-20(13-17)31-25-29-10-8-21(32-25)18-6-7-18)22-16-30-24(37-22)28(36)9-5-11-33(26(34)35)23(15-28)27(2,3)4/h8,10,12-14,16,18,23,36H,5-7,9,11,15H2,1-4H3,(H,34,35)(H,29,31,32)/t23?,28-/m0/s1. The Hall–Kier alpha value is -3.04. The van der Waals surface area contributed by atoms with Crippen molar-refractivity contribution in [3.8, 4) is 10.4 Å². The van der Waals surface area contributed by atoms with E-state index in [1.807, 2.05) is 40.0 Å². The molecule has 0 spiro atoms. The molecule has 9 heteroatoms. The van der Waals surface area contributed by atoms with Gasteiger partial charge in [0, 0.05) is 48.7 Å². The third-order valence-electron chi connectivity index (χ3n) is 7.34. The third kappa shape index (κ3) is 5.62. The lowest BCUT2D eigenvalue weighted by atomic mass is 9.79. The van der Waals surface area contributed by atoms with Crippen LogP contribution in [-0.2, 0) is 5.60 Å². The number of nitrogens with zero attached hydrogens (tertiary/aromatic N) is 4. The Morgan fingerprint density at radius 3 is 2.70 bits per heavy atom. The van der Waals surface area contributed by atoms with Gasteiger partial charge in [0.25, 0.3) is 0 Å². The van der Waals surface area contributed by atoms with E-state index in [4.69, 9.17) is 0 Å². The van der Waals surface area contributed by atoms with Crippen LogP contribution in [-0.4, -0.2) is 48.7 Å². The lowest BCUT2D eigenvalue weighted by Gasteiger charge is -2.40. The monoisotopic (exact) mass is 521 g/mol. The number of anilines is 2. The molecule has 5 rings (SSSR count). The molecule has 2 fully saturated rings. The predicted octanol–water partition coefficient (Wildman–Crippen LogP) is 6.30. The van der Waals surface area contributed by atoms with E-state index >= 15 is 0 Å².